The quantitative estimate of drug-likeness (QED) is 0.582. The zero-order valence-electron chi connectivity index (χ0n) is 19.9. The lowest BCUT2D eigenvalue weighted by molar-refractivity contribution is -0.143. The fraction of sp³-hybridized carbons (Fsp3) is 0.609. The Labute approximate surface area is 185 Å². The second kappa shape index (κ2) is 11.1. The second-order valence-corrected chi connectivity index (χ2v) is 8.98. The third-order valence-electron chi connectivity index (χ3n) is 4.66. The number of nitrogens with zero attached hydrogens (tertiary/aromatic N) is 1. The second-order valence-electron chi connectivity index (χ2n) is 8.98. The average Bonchev–Trinajstić information content (AvgIpc) is 2.61. The molecule has 1 rings (SSSR count). The lowest BCUT2D eigenvalue weighted by atomic mass is 9.95. The van der Waals surface area contributed by atoms with Crippen LogP contribution in [0.15, 0.2) is 18.2 Å². The number of ether oxygens (including phenoxy) is 1. The minimum absolute atomic E-state index is 0.0667. The normalized spacial score (nSPS) is 13.4. The van der Waals surface area contributed by atoms with Gasteiger partial charge in [0.2, 0.25) is 11.8 Å². The van der Waals surface area contributed by atoms with Crippen molar-refractivity contribution in [1.29, 1.82) is 0 Å². The molecule has 2 unspecified atom stereocenters. The van der Waals surface area contributed by atoms with E-state index in [1.165, 1.54) is 11.8 Å². The summed E-state index contributed by atoms with van der Waals surface area (Å²) in [5.41, 5.74) is 1.83. The van der Waals surface area contributed by atoms with E-state index in [2.05, 4.69) is 10.6 Å². The van der Waals surface area contributed by atoms with E-state index in [-0.39, 0.29) is 25.1 Å². The Morgan fingerprint density at radius 3 is 2.23 bits per heavy atom. The highest BCUT2D eigenvalue weighted by atomic mass is 16.6. The fourth-order valence-electron chi connectivity index (χ4n) is 3.15. The van der Waals surface area contributed by atoms with E-state index in [1.54, 1.807) is 26.8 Å². The highest BCUT2D eigenvalue weighted by Crippen LogP contribution is 2.27. The molecule has 0 spiro atoms. The number of amides is 3. The molecule has 3 N–H and O–H groups in total. The average molecular weight is 436 g/mol. The minimum atomic E-state index is -0.958. The molecule has 0 bridgehead atoms. The summed E-state index contributed by atoms with van der Waals surface area (Å²) in [5.74, 6) is -0.848. The van der Waals surface area contributed by atoms with Crippen molar-refractivity contribution in [2.75, 3.05) is 13.2 Å². The number of hydrogen-bond acceptors (Lipinski definition) is 5. The number of benzene rings is 1. The van der Waals surface area contributed by atoms with Gasteiger partial charge in [0.25, 0.3) is 0 Å². The van der Waals surface area contributed by atoms with Gasteiger partial charge in [-0.05, 0) is 72.1 Å². The summed E-state index contributed by atoms with van der Waals surface area (Å²) in [5, 5.41) is 15.0. The van der Waals surface area contributed by atoms with Crippen LogP contribution in [0.1, 0.15) is 64.3 Å². The first-order valence-corrected chi connectivity index (χ1v) is 10.6. The van der Waals surface area contributed by atoms with Crippen LogP contribution >= 0.6 is 0 Å². The fourth-order valence-corrected chi connectivity index (χ4v) is 3.15. The van der Waals surface area contributed by atoms with Crippen LogP contribution in [0.4, 0.5) is 4.79 Å². The first kappa shape index (κ1) is 26.4. The van der Waals surface area contributed by atoms with Gasteiger partial charge < -0.3 is 25.4 Å². The third-order valence-corrected chi connectivity index (χ3v) is 4.66. The molecule has 8 nitrogen and oxygen atoms in total. The van der Waals surface area contributed by atoms with Crippen LogP contribution in [0.2, 0.25) is 0 Å². The van der Waals surface area contributed by atoms with Crippen molar-refractivity contribution in [2.24, 2.45) is 0 Å². The van der Waals surface area contributed by atoms with Crippen LogP contribution in [0.3, 0.4) is 0 Å². The molecule has 2 atom stereocenters. The zero-order valence-corrected chi connectivity index (χ0v) is 19.9. The molecule has 3 amide bonds. The first-order valence-electron chi connectivity index (χ1n) is 10.6. The van der Waals surface area contributed by atoms with Crippen molar-refractivity contribution in [3.63, 3.8) is 0 Å². The van der Waals surface area contributed by atoms with Crippen LogP contribution in [-0.4, -0.2) is 58.8 Å². The van der Waals surface area contributed by atoms with Crippen LogP contribution in [0, 0.1) is 13.8 Å². The zero-order chi connectivity index (χ0) is 23.9. The number of carbonyl (C=O) groups is 3. The summed E-state index contributed by atoms with van der Waals surface area (Å²) in [6.07, 6.45) is -0.729. The van der Waals surface area contributed by atoms with Gasteiger partial charge in [0.15, 0.2) is 0 Å². The number of hydrogen-bond donors (Lipinski definition) is 3. The number of rotatable bonds is 8. The van der Waals surface area contributed by atoms with Crippen molar-refractivity contribution in [3.8, 4) is 0 Å². The van der Waals surface area contributed by atoms with Crippen molar-refractivity contribution in [2.45, 2.75) is 79.1 Å². The number of aliphatic hydroxyl groups is 1. The topological polar surface area (TPSA) is 108 Å². The van der Waals surface area contributed by atoms with Gasteiger partial charge in [0.05, 0.1) is 6.61 Å². The Kier molecular flexibility index (Phi) is 9.49. The number of alkyl carbamates (subject to hydrolysis) is 1. The molecule has 0 heterocycles. The minimum Gasteiger partial charge on any atom is -0.444 e. The molecule has 0 saturated heterocycles. The smallest absolute Gasteiger partial charge is 0.408 e. The molecule has 0 saturated carbocycles. The highest BCUT2D eigenvalue weighted by molar-refractivity contribution is 5.92. The van der Waals surface area contributed by atoms with Gasteiger partial charge in [-0.25, -0.2) is 4.79 Å². The highest BCUT2D eigenvalue weighted by Gasteiger charge is 2.35. The summed E-state index contributed by atoms with van der Waals surface area (Å²) in [7, 11) is 0. The molecule has 1 aromatic rings. The van der Waals surface area contributed by atoms with Crippen molar-refractivity contribution >= 4 is 17.9 Å². The Balaban J connectivity index is 3.32. The van der Waals surface area contributed by atoms with Gasteiger partial charge in [-0.3, -0.25) is 9.59 Å². The van der Waals surface area contributed by atoms with Crippen molar-refractivity contribution < 1.29 is 24.2 Å². The van der Waals surface area contributed by atoms with Gasteiger partial charge in [0, 0.05) is 12.6 Å². The standard InChI is InChI=1S/C23H37N3O5/c1-14(2)24-20(28)19(18-11-9-10-15(3)16(18)4)26(12-13-27)21(29)17(5)25-22(30)31-23(6,7)8/h9-11,14,17,19,27H,12-13H2,1-8H3,(H,24,28)(H,25,30). The van der Waals surface area contributed by atoms with E-state index >= 15 is 0 Å². The summed E-state index contributed by atoms with van der Waals surface area (Å²) in [6.45, 7) is 13.8. The maximum Gasteiger partial charge on any atom is 0.408 e. The first-order chi connectivity index (χ1) is 14.3. The monoisotopic (exact) mass is 435 g/mol. The number of aryl methyl sites for hydroxylation is 1. The lowest BCUT2D eigenvalue weighted by Gasteiger charge is -2.34. The van der Waals surface area contributed by atoms with E-state index in [1.807, 2.05) is 39.8 Å². The maximum atomic E-state index is 13.3. The van der Waals surface area contributed by atoms with Gasteiger partial charge in [-0.2, -0.15) is 0 Å². The Morgan fingerprint density at radius 1 is 1.10 bits per heavy atom. The molecule has 8 heteroatoms. The summed E-state index contributed by atoms with van der Waals surface area (Å²) in [4.78, 5) is 39.9. The molecule has 0 aromatic heterocycles. The lowest BCUT2D eigenvalue weighted by Crippen LogP contribution is -2.53. The van der Waals surface area contributed by atoms with Crippen molar-refractivity contribution in [3.05, 3.63) is 34.9 Å². The summed E-state index contributed by atoms with van der Waals surface area (Å²) in [6, 6.07) is 3.52. The predicted octanol–water partition coefficient (Wildman–Crippen LogP) is 2.60. The molecule has 174 valence electrons. The SMILES string of the molecule is Cc1cccc(C(C(=O)NC(C)C)N(CCO)C(=O)C(C)NC(=O)OC(C)(C)C)c1C. The number of carbonyl (C=O) groups excluding carboxylic acids is 3. The van der Waals surface area contributed by atoms with Crippen LogP contribution in [0.5, 0.6) is 0 Å². The van der Waals surface area contributed by atoms with Crippen LogP contribution in [0.25, 0.3) is 0 Å². The molecular formula is C23H37N3O5. The third kappa shape index (κ3) is 7.86. The molecule has 1 aromatic carbocycles. The molecule has 31 heavy (non-hydrogen) atoms. The van der Waals surface area contributed by atoms with E-state index in [4.69, 9.17) is 4.74 Å². The molecule has 0 radical (unpaired) electrons. The van der Waals surface area contributed by atoms with E-state index in [9.17, 15) is 19.5 Å². The van der Waals surface area contributed by atoms with Gasteiger partial charge in [0.1, 0.15) is 17.7 Å². The molecule has 0 aliphatic heterocycles. The van der Waals surface area contributed by atoms with E-state index in [0.29, 0.717) is 5.56 Å². The van der Waals surface area contributed by atoms with Gasteiger partial charge >= 0.3 is 6.09 Å². The van der Waals surface area contributed by atoms with E-state index in [0.717, 1.165) is 11.1 Å². The Bertz CT molecular complexity index is 786. The number of nitrogens with one attached hydrogen (secondary N) is 2. The molecule has 0 aliphatic carbocycles. The maximum absolute atomic E-state index is 13.3. The molecule has 0 aliphatic rings. The molecular weight excluding hydrogens is 398 g/mol. The largest absolute Gasteiger partial charge is 0.444 e. The predicted molar refractivity (Wildman–Crippen MR) is 120 cm³/mol. The summed E-state index contributed by atoms with van der Waals surface area (Å²) < 4.78 is 5.23. The van der Waals surface area contributed by atoms with E-state index < -0.39 is 29.7 Å². The summed E-state index contributed by atoms with van der Waals surface area (Å²) >= 11 is 0. The van der Waals surface area contributed by atoms with Gasteiger partial charge in [-0.1, -0.05) is 18.2 Å². The Morgan fingerprint density at radius 2 is 1.71 bits per heavy atom. The van der Waals surface area contributed by atoms with Crippen LogP contribution < -0.4 is 10.6 Å². The number of aliphatic hydroxyl groups excluding tert-OH is 1. The molecule has 0 fully saturated rings. The Hall–Kier alpha value is -2.61. The van der Waals surface area contributed by atoms with Crippen LogP contribution in [-0.2, 0) is 14.3 Å². The van der Waals surface area contributed by atoms with Crippen molar-refractivity contribution in [1.82, 2.24) is 15.5 Å². The van der Waals surface area contributed by atoms with Gasteiger partial charge in [-0.15, -0.1) is 0 Å².